The molecule has 35 heavy (non-hydrogen) atoms. The number of carbonyl (C=O) groups is 2. The summed E-state index contributed by atoms with van der Waals surface area (Å²) in [4.78, 5) is 30.6. The summed E-state index contributed by atoms with van der Waals surface area (Å²) in [6.07, 6.45) is 2.75. The maximum atomic E-state index is 14.2. The van der Waals surface area contributed by atoms with Gasteiger partial charge in [-0.2, -0.15) is 5.10 Å². The van der Waals surface area contributed by atoms with Crippen molar-refractivity contribution in [1.82, 2.24) is 19.6 Å². The van der Waals surface area contributed by atoms with Crippen LogP contribution in [0, 0.1) is 0 Å². The third-order valence-electron chi connectivity index (χ3n) is 6.59. The van der Waals surface area contributed by atoms with E-state index in [2.05, 4.69) is 25.9 Å². The normalized spacial score (nSPS) is 20.7. The van der Waals surface area contributed by atoms with Gasteiger partial charge in [0.1, 0.15) is 11.9 Å². The van der Waals surface area contributed by atoms with Gasteiger partial charge in [0.2, 0.25) is 0 Å². The quantitative estimate of drug-likeness (QED) is 0.582. The van der Waals surface area contributed by atoms with E-state index >= 15 is 0 Å². The van der Waals surface area contributed by atoms with E-state index in [1.807, 2.05) is 48.3 Å². The Bertz CT molecular complexity index is 1200. The zero-order chi connectivity index (χ0) is 25.4. The Morgan fingerprint density at radius 3 is 2.43 bits per heavy atom. The molecule has 8 nitrogen and oxygen atoms in total. The first kappa shape index (κ1) is 24.5. The van der Waals surface area contributed by atoms with Crippen molar-refractivity contribution < 1.29 is 19.4 Å². The van der Waals surface area contributed by atoms with Gasteiger partial charge < -0.3 is 9.84 Å². The van der Waals surface area contributed by atoms with Crippen molar-refractivity contribution >= 4 is 11.9 Å². The molecule has 0 radical (unpaired) electrons. The molecule has 2 aromatic carbocycles. The van der Waals surface area contributed by atoms with E-state index in [1.54, 1.807) is 42.4 Å². The molecule has 2 heterocycles. The predicted octanol–water partition coefficient (Wildman–Crippen LogP) is 3.80. The number of benzene rings is 2. The van der Waals surface area contributed by atoms with E-state index in [0.29, 0.717) is 11.3 Å². The first-order valence-electron chi connectivity index (χ1n) is 11.6. The van der Waals surface area contributed by atoms with E-state index < -0.39 is 17.7 Å². The fourth-order valence-electron chi connectivity index (χ4n) is 4.95. The highest BCUT2D eigenvalue weighted by Gasteiger charge is 2.57. The number of rotatable bonds is 6. The van der Waals surface area contributed by atoms with Crippen molar-refractivity contribution in [3.8, 4) is 5.75 Å². The summed E-state index contributed by atoms with van der Waals surface area (Å²) >= 11 is 0. The van der Waals surface area contributed by atoms with Crippen molar-refractivity contribution in [2.45, 2.75) is 44.4 Å². The molecule has 3 aromatic rings. The van der Waals surface area contributed by atoms with E-state index in [-0.39, 0.29) is 24.4 Å². The lowest BCUT2D eigenvalue weighted by Gasteiger charge is -2.37. The van der Waals surface area contributed by atoms with Gasteiger partial charge in [0.25, 0.3) is 5.91 Å². The van der Waals surface area contributed by atoms with Gasteiger partial charge >= 0.3 is 5.97 Å². The number of carbonyl (C=O) groups excluding carboxylic acids is 1. The van der Waals surface area contributed by atoms with Crippen LogP contribution in [-0.4, -0.2) is 62.8 Å². The summed E-state index contributed by atoms with van der Waals surface area (Å²) in [5.41, 5.74) is 0.463. The average molecular weight is 477 g/mol. The molecule has 8 heteroatoms. The number of likely N-dealkylation sites (N-methyl/N-ethyl adjacent to an activating group) is 1. The molecule has 1 aliphatic heterocycles. The van der Waals surface area contributed by atoms with Crippen molar-refractivity contribution in [3.63, 3.8) is 0 Å². The first-order chi connectivity index (χ1) is 16.6. The van der Waals surface area contributed by atoms with Gasteiger partial charge in [0.15, 0.2) is 5.54 Å². The Morgan fingerprint density at radius 2 is 1.86 bits per heavy atom. The van der Waals surface area contributed by atoms with Crippen molar-refractivity contribution in [2.24, 2.45) is 0 Å². The number of hydrogen-bond donors (Lipinski definition) is 1. The Hall–Kier alpha value is -3.65. The van der Waals surface area contributed by atoms with Crippen LogP contribution in [0.4, 0.5) is 0 Å². The second-order valence-electron chi connectivity index (χ2n) is 10.1. The number of ether oxygens (including phenoxy) is 1. The van der Waals surface area contributed by atoms with Gasteiger partial charge in [-0.05, 0) is 41.8 Å². The number of nitrogens with zero attached hydrogens (tertiary/aromatic N) is 4. The van der Waals surface area contributed by atoms with Crippen molar-refractivity contribution in [2.75, 3.05) is 20.7 Å². The van der Waals surface area contributed by atoms with Crippen LogP contribution in [0.25, 0.3) is 0 Å². The highest BCUT2D eigenvalue weighted by molar-refractivity contribution is 5.99. The standard InChI is InChI=1S/C27H32N4O4/c1-26(2,3)21-13-12-20(16-22(21)35-5)24(32)31-23(19-10-7-6-8-11-19)29(4)17-27(31,25(33)34)18-30-15-9-14-28-30/h6-16,23H,17-18H2,1-5H3,(H,33,34). The lowest BCUT2D eigenvalue weighted by Crippen LogP contribution is -2.58. The molecular weight excluding hydrogens is 444 g/mol. The number of aromatic nitrogens is 2. The smallest absolute Gasteiger partial charge is 0.333 e. The number of carboxylic acids is 1. The molecule has 0 bridgehead atoms. The summed E-state index contributed by atoms with van der Waals surface area (Å²) in [6.45, 7) is 6.39. The Morgan fingerprint density at radius 1 is 1.14 bits per heavy atom. The molecule has 0 aliphatic carbocycles. The van der Waals surface area contributed by atoms with E-state index in [4.69, 9.17) is 4.74 Å². The van der Waals surface area contributed by atoms with Crippen LogP contribution in [0.1, 0.15) is 48.4 Å². The van der Waals surface area contributed by atoms with E-state index in [0.717, 1.165) is 11.1 Å². The molecule has 2 unspecified atom stereocenters. The molecular formula is C27H32N4O4. The summed E-state index contributed by atoms with van der Waals surface area (Å²) in [5, 5.41) is 14.8. The SMILES string of the molecule is COc1cc(C(=O)N2C(c3ccccc3)N(C)CC2(Cn2cccn2)C(=O)O)ccc1C(C)(C)C. The predicted molar refractivity (Wildman–Crippen MR) is 132 cm³/mol. The largest absolute Gasteiger partial charge is 0.496 e. The molecule has 1 amide bonds. The van der Waals surface area contributed by atoms with Crippen molar-refractivity contribution in [1.29, 1.82) is 0 Å². The van der Waals surface area contributed by atoms with Gasteiger partial charge in [0.05, 0.1) is 13.7 Å². The minimum atomic E-state index is -1.53. The van der Waals surface area contributed by atoms with Gasteiger partial charge in [0, 0.05) is 24.5 Å². The van der Waals surface area contributed by atoms with Crippen LogP contribution in [0.3, 0.4) is 0 Å². The summed E-state index contributed by atoms with van der Waals surface area (Å²) in [5.74, 6) is -0.860. The van der Waals surface area contributed by atoms with Gasteiger partial charge in [-0.15, -0.1) is 0 Å². The number of aliphatic carboxylic acids is 1. The third kappa shape index (κ3) is 4.41. The fraction of sp³-hybridized carbons (Fsp3) is 0.370. The van der Waals surface area contributed by atoms with Gasteiger partial charge in [-0.1, -0.05) is 57.2 Å². The summed E-state index contributed by atoms with van der Waals surface area (Å²) < 4.78 is 7.20. The van der Waals surface area contributed by atoms with Gasteiger partial charge in [-0.25, -0.2) is 4.79 Å². The molecule has 184 valence electrons. The average Bonchev–Trinajstić information content (AvgIpc) is 3.44. The monoisotopic (exact) mass is 476 g/mol. The number of carboxylic acid groups (broad SMARTS) is 1. The van der Waals surface area contributed by atoms with E-state index in [1.165, 1.54) is 4.90 Å². The van der Waals surface area contributed by atoms with E-state index in [9.17, 15) is 14.7 Å². The van der Waals surface area contributed by atoms with Crippen molar-refractivity contribution in [3.05, 3.63) is 83.7 Å². The molecule has 0 saturated carbocycles. The molecule has 1 aliphatic rings. The Labute approximate surface area is 205 Å². The lowest BCUT2D eigenvalue weighted by molar-refractivity contribution is -0.149. The second kappa shape index (κ2) is 9.19. The van der Waals surface area contributed by atoms with Crippen LogP contribution >= 0.6 is 0 Å². The minimum absolute atomic E-state index is 0.0198. The Kier molecular flexibility index (Phi) is 6.42. The van der Waals surface area contributed by atoms with Gasteiger partial charge in [-0.3, -0.25) is 19.3 Å². The minimum Gasteiger partial charge on any atom is -0.496 e. The second-order valence-corrected chi connectivity index (χ2v) is 10.1. The zero-order valence-electron chi connectivity index (χ0n) is 20.8. The molecule has 4 rings (SSSR count). The number of methoxy groups -OCH3 is 1. The van der Waals surface area contributed by atoms with Crippen LogP contribution in [0.15, 0.2) is 67.0 Å². The summed E-state index contributed by atoms with van der Waals surface area (Å²) in [7, 11) is 3.42. The summed E-state index contributed by atoms with van der Waals surface area (Å²) in [6, 6.07) is 16.6. The highest BCUT2D eigenvalue weighted by Crippen LogP contribution is 2.42. The lowest BCUT2D eigenvalue weighted by atomic mass is 9.85. The van der Waals surface area contributed by atoms with Crippen LogP contribution in [-0.2, 0) is 16.8 Å². The van der Waals surface area contributed by atoms with Crippen LogP contribution < -0.4 is 4.74 Å². The highest BCUT2D eigenvalue weighted by atomic mass is 16.5. The number of amides is 1. The molecule has 1 N–H and O–H groups in total. The fourth-order valence-corrected chi connectivity index (χ4v) is 4.95. The first-order valence-corrected chi connectivity index (χ1v) is 11.6. The van der Waals surface area contributed by atoms with Crippen LogP contribution in [0.5, 0.6) is 5.75 Å². The zero-order valence-corrected chi connectivity index (χ0v) is 20.8. The molecule has 2 atom stereocenters. The Balaban J connectivity index is 1.87. The maximum Gasteiger partial charge on any atom is 0.333 e. The maximum absolute atomic E-state index is 14.2. The number of hydrogen-bond acceptors (Lipinski definition) is 5. The molecule has 1 fully saturated rings. The third-order valence-corrected chi connectivity index (χ3v) is 6.59. The van der Waals surface area contributed by atoms with Crippen LogP contribution in [0.2, 0.25) is 0 Å². The molecule has 0 spiro atoms. The molecule has 1 aromatic heterocycles. The molecule has 1 saturated heterocycles. The topological polar surface area (TPSA) is 87.9 Å².